The molecule has 32 heavy (non-hydrogen) atoms. The van der Waals surface area contributed by atoms with Crippen molar-refractivity contribution in [1.29, 1.82) is 0 Å². The molecule has 1 heterocycles. The number of rotatable bonds is 8. The van der Waals surface area contributed by atoms with Gasteiger partial charge in [-0.15, -0.1) is 0 Å². The quantitative estimate of drug-likeness (QED) is 0.324. The number of likely N-dealkylation sites (N-methyl/N-ethyl adjacent to an activating group) is 1. The molecule has 1 saturated carbocycles. The molecule has 3 aromatic rings. The van der Waals surface area contributed by atoms with Gasteiger partial charge in [0.05, 0.1) is 0 Å². The summed E-state index contributed by atoms with van der Waals surface area (Å²) >= 11 is 0. The van der Waals surface area contributed by atoms with Gasteiger partial charge in [-0.2, -0.15) is 5.10 Å². The number of hydrogen-bond acceptors (Lipinski definition) is 4. The first-order valence-electron chi connectivity index (χ1n) is 11.4. The first kappa shape index (κ1) is 20.7. The number of allylic oxidation sites excluding steroid dienone is 1. The fourth-order valence-electron chi connectivity index (χ4n) is 4.50. The summed E-state index contributed by atoms with van der Waals surface area (Å²) in [4.78, 5) is 7.77. The van der Waals surface area contributed by atoms with Crippen LogP contribution in [0.5, 0.6) is 0 Å². The molecule has 164 valence electrons. The Labute approximate surface area is 189 Å². The standard InChI is InChI=1S/C27H30N4O/c1-31(2)17-18-32-30-25(20-13-14-20)26-23-15-16-27(19-24(23)28-29-26,21-9-5-3-6-10-21)22-11-7-4-8-12-22/h3-12,15-16,20H,13-14,17-19H2,1-2H3,(H,28,29). The van der Waals surface area contributed by atoms with Gasteiger partial charge >= 0.3 is 0 Å². The van der Waals surface area contributed by atoms with Crippen LogP contribution in [0.4, 0.5) is 0 Å². The van der Waals surface area contributed by atoms with Crippen molar-refractivity contribution < 1.29 is 4.84 Å². The monoisotopic (exact) mass is 426 g/mol. The Kier molecular flexibility index (Phi) is 5.66. The van der Waals surface area contributed by atoms with Crippen LogP contribution in [-0.4, -0.2) is 48.1 Å². The maximum atomic E-state index is 5.67. The first-order valence-corrected chi connectivity index (χ1v) is 11.4. The van der Waals surface area contributed by atoms with Crippen LogP contribution >= 0.6 is 0 Å². The van der Waals surface area contributed by atoms with Crippen LogP contribution in [0.3, 0.4) is 0 Å². The van der Waals surface area contributed by atoms with Gasteiger partial charge in [-0.25, -0.2) is 0 Å². The van der Waals surface area contributed by atoms with Gasteiger partial charge in [-0.05, 0) is 38.1 Å². The molecule has 0 radical (unpaired) electrons. The van der Waals surface area contributed by atoms with Crippen LogP contribution in [0.2, 0.25) is 0 Å². The molecule has 5 nitrogen and oxygen atoms in total. The van der Waals surface area contributed by atoms with Gasteiger partial charge in [0.1, 0.15) is 18.0 Å². The number of aromatic amines is 1. The number of hydrogen-bond donors (Lipinski definition) is 1. The van der Waals surface area contributed by atoms with Gasteiger partial charge in [-0.3, -0.25) is 5.10 Å². The van der Waals surface area contributed by atoms with E-state index in [2.05, 4.69) is 88.0 Å². The van der Waals surface area contributed by atoms with Crippen molar-refractivity contribution in [3.05, 3.63) is 94.8 Å². The molecule has 5 rings (SSSR count). The number of H-pyrrole nitrogens is 1. The normalized spacial score (nSPS) is 17.4. The molecule has 5 heteroatoms. The van der Waals surface area contributed by atoms with Gasteiger partial charge in [0.2, 0.25) is 0 Å². The third kappa shape index (κ3) is 4.00. The molecule has 1 fully saturated rings. The third-order valence-corrected chi connectivity index (χ3v) is 6.45. The summed E-state index contributed by atoms with van der Waals surface area (Å²) in [6.07, 6.45) is 7.71. The van der Waals surface area contributed by atoms with Crippen molar-refractivity contribution in [2.75, 3.05) is 27.2 Å². The highest BCUT2D eigenvalue weighted by molar-refractivity contribution is 6.04. The van der Waals surface area contributed by atoms with E-state index >= 15 is 0 Å². The smallest absolute Gasteiger partial charge is 0.129 e. The third-order valence-electron chi connectivity index (χ3n) is 6.45. The Morgan fingerprint density at radius 2 is 1.72 bits per heavy atom. The van der Waals surface area contributed by atoms with Crippen molar-refractivity contribution in [1.82, 2.24) is 15.1 Å². The lowest BCUT2D eigenvalue weighted by Gasteiger charge is -2.34. The van der Waals surface area contributed by atoms with E-state index in [1.807, 2.05) is 14.1 Å². The highest BCUT2D eigenvalue weighted by Crippen LogP contribution is 2.43. The molecule has 0 spiro atoms. The Hall–Kier alpha value is -3.18. The number of benzene rings is 2. The zero-order valence-corrected chi connectivity index (χ0v) is 18.8. The molecular formula is C27H30N4O. The SMILES string of the molecule is CN(C)CCON=C(c1n[nH]c2c1C=CC(c1ccccc1)(c1ccccc1)C2)C1CC1. The zero-order valence-electron chi connectivity index (χ0n) is 18.8. The summed E-state index contributed by atoms with van der Waals surface area (Å²) in [5.41, 5.74) is 6.57. The van der Waals surface area contributed by atoms with Gasteiger partial charge in [0, 0.05) is 35.6 Å². The summed E-state index contributed by atoms with van der Waals surface area (Å²) in [7, 11) is 4.07. The molecule has 2 aliphatic rings. The zero-order chi connectivity index (χ0) is 22.0. The largest absolute Gasteiger partial charge is 0.394 e. The fraction of sp³-hybridized carbons (Fsp3) is 0.333. The summed E-state index contributed by atoms with van der Waals surface area (Å²) in [5.74, 6) is 0.449. The van der Waals surface area contributed by atoms with Gasteiger partial charge < -0.3 is 9.74 Å². The van der Waals surface area contributed by atoms with E-state index in [0.29, 0.717) is 12.5 Å². The molecular weight excluding hydrogens is 396 g/mol. The lowest BCUT2D eigenvalue weighted by atomic mass is 9.68. The number of aromatic nitrogens is 2. The second-order valence-electron chi connectivity index (χ2n) is 9.07. The van der Waals surface area contributed by atoms with Crippen LogP contribution < -0.4 is 0 Å². The van der Waals surface area contributed by atoms with E-state index in [4.69, 9.17) is 9.94 Å². The maximum Gasteiger partial charge on any atom is 0.129 e. The predicted octanol–water partition coefficient (Wildman–Crippen LogP) is 4.66. The maximum absolute atomic E-state index is 5.67. The Morgan fingerprint density at radius 3 is 2.31 bits per heavy atom. The number of nitrogens with zero attached hydrogens (tertiary/aromatic N) is 3. The average Bonchev–Trinajstić information content (AvgIpc) is 3.59. The summed E-state index contributed by atoms with van der Waals surface area (Å²) in [5, 5.41) is 12.6. The summed E-state index contributed by atoms with van der Waals surface area (Å²) < 4.78 is 0. The molecule has 0 atom stereocenters. The molecule has 1 aromatic heterocycles. The van der Waals surface area contributed by atoms with Crippen LogP contribution in [0.1, 0.15) is 40.9 Å². The van der Waals surface area contributed by atoms with E-state index in [1.54, 1.807) is 0 Å². The highest BCUT2D eigenvalue weighted by atomic mass is 16.6. The van der Waals surface area contributed by atoms with Crippen LogP contribution in [0.25, 0.3) is 6.08 Å². The van der Waals surface area contributed by atoms with E-state index in [0.717, 1.165) is 48.5 Å². The highest BCUT2D eigenvalue weighted by Gasteiger charge is 2.38. The van der Waals surface area contributed by atoms with Crippen molar-refractivity contribution in [3.63, 3.8) is 0 Å². The molecule has 0 aliphatic heterocycles. The molecule has 1 N–H and O–H groups in total. The van der Waals surface area contributed by atoms with Crippen LogP contribution in [-0.2, 0) is 16.7 Å². The molecule has 2 aliphatic carbocycles. The number of fused-ring (bicyclic) bond motifs is 1. The Balaban J connectivity index is 1.50. The van der Waals surface area contributed by atoms with Gasteiger partial charge in [0.15, 0.2) is 0 Å². The van der Waals surface area contributed by atoms with Crippen molar-refractivity contribution in [3.8, 4) is 0 Å². The van der Waals surface area contributed by atoms with Crippen LogP contribution in [0, 0.1) is 5.92 Å². The van der Waals surface area contributed by atoms with Crippen molar-refractivity contribution in [2.24, 2.45) is 11.1 Å². The fourth-order valence-corrected chi connectivity index (χ4v) is 4.50. The Morgan fingerprint density at radius 1 is 1.06 bits per heavy atom. The first-order chi connectivity index (χ1) is 15.7. The van der Waals surface area contributed by atoms with Crippen molar-refractivity contribution >= 4 is 11.8 Å². The van der Waals surface area contributed by atoms with Crippen LogP contribution in [0.15, 0.2) is 71.9 Å². The number of nitrogens with one attached hydrogen (secondary N) is 1. The molecule has 0 unspecified atom stereocenters. The molecule has 2 aromatic carbocycles. The minimum Gasteiger partial charge on any atom is -0.394 e. The Bertz CT molecular complexity index is 1070. The second kappa shape index (κ2) is 8.75. The lowest BCUT2D eigenvalue weighted by molar-refractivity contribution is 0.125. The topological polar surface area (TPSA) is 53.5 Å². The minimum absolute atomic E-state index is 0.224. The molecule has 0 bridgehead atoms. The van der Waals surface area contributed by atoms with Crippen molar-refractivity contribution in [2.45, 2.75) is 24.7 Å². The van der Waals surface area contributed by atoms with Gasteiger partial charge in [0.25, 0.3) is 0 Å². The minimum atomic E-state index is -0.224. The van der Waals surface area contributed by atoms with E-state index in [-0.39, 0.29) is 5.41 Å². The second-order valence-corrected chi connectivity index (χ2v) is 9.07. The summed E-state index contributed by atoms with van der Waals surface area (Å²) in [6.45, 7) is 1.42. The summed E-state index contributed by atoms with van der Waals surface area (Å²) in [6, 6.07) is 21.5. The molecule has 0 saturated heterocycles. The average molecular weight is 427 g/mol. The van der Waals surface area contributed by atoms with E-state index in [9.17, 15) is 0 Å². The van der Waals surface area contributed by atoms with E-state index in [1.165, 1.54) is 11.1 Å². The lowest BCUT2D eigenvalue weighted by Crippen LogP contribution is -2.30. The number of oxime groups is 1. The van der Waals surface area contributed by atoms with Gasteiger partial charge in [-0.1, -0.05) is 78.0 Å². The van der Waals surface area contributed by atoms with E-state index < -0.39 is 0 Å². The predicted molar refractivity (Wildman–Crippen MR) is 129 cm³/mol. The molecule has 0 amide bonds.